The lowest BCUT2D eigenvalue weighted by Crippen LogP contribution is -2.24. The molecule has 0 spiro atoms. The fraction of sp³-hybridized carbons (Fsp3) is 0.160. The van der Waals surface area contributed by atoms with Crippen LogP contribution in [0.3, 0.4) is 0 Å². The lowest BCUT2D eigenvalue weighted by molar-refractivity contribution is -0.123. The Bertz CT molecular complexity index is 1180. The van der Waals surface area contributed by atoms with Gasteiger partial charge in [-0.25, -0.2) is 10.2 Å². The van der Waals surface area contributed by atoms with E-state index in [2.05, 4.69) is 26.5 Å². The number of halogens is 1. The van der Waals surface area contributed by atoms with Crippen molar-refractivity contribution in [3.63, 3.8) is 0 Å². The van der Waals surface area contributed by atoms with Crippen molar-refractivity contribution in [2.75, 3.05) is 13.7 Å². The number of methoxy groups -OCH3 is 1. The lowest BCUT2D eigenvalue weighted by atomic mass is 10.1. The molecule has 7 nitrogen and oxygen atoms in total. The molecule has 3 aromatic rings. The van der Waals surface area contributed by atoms with E-state index in [-0.39, 0.29) is 18.3 Å². The van der Waals surface area contributed by atoms with E-state index in [0.717, 1.165) is 15.6 Å². The summed E-state index contributed by atoms with van der Waals surface area (Å²) in [7, 11) is 1.47. The van der Waals surface area contributed by atoms with Gasteiger partial charge in [-0.1, -0.05) is 28.1 Å². The molecule has 1 N–H and O–H groups in total. The minimum absolute atomic E-state index is 0.157. The Morgan fingerprint density at radius 1 is 1.00 bits per heavy atom. The summed E-state index contributed by atoms with van der Waals surface area (Å²) in [5, 5.41) is 3.94. The van der Waals surface area contributed by atoms with Crippen LogP contribution in [-0.2, 0) is 4.79 Å². The monoisotopic (exact) mass is 510 g/mol. The van der Waals surface area contributed by atoms with Crippen LogP contribution >= 0.6 is 15.9 Å². The number of hydrogen-bond donors (Lipinski definition) is 1. The highest BCUT2D eigenvalue weighted by Crippen LogP contribution is 2.28. The Morgan fingerprint density at radius 3 is 2.48 bits per heavy atom. The van der Waals surface area contributed by atoms with Crippen molar-refractivity contribution in [3.05, 3.63) is 87.4 Å². The number of carbonyl (C=O) groups is 2. The minimum atomic E-state index is -0.502. The lowest BCUT2D eigenvalue weighted by Gasteiger charge is -2.10. The van der Waals surface area contributed by atoms with Gasteiger partial charge >= 0.3 is 5.97 Å². The summed E-state index contributed by atoms with van der Waals surface area (Å²) in [5.74, 6) is 0.396. The minimum Gasteiger partial charge on any atom is -0.493 e. The Morgan fingerprint density at radius 2 is 1.76 bits per heavy atom. The van der Waals surface area contributed by atoms with Gasteiger partial charge in [0.25, 0.3) is 5.91 Å². The van der Waals surface area contributed by atoms with Crippen LogP contribution in [0.5, 0.6) is 17.2 Å². The van der Waals surface area contributed by atoms with E-state index in [1.54, 1.807) is 42.5 Å². The number of benzene rings is 3. The van der Waals surface area contributed by atoms with Gasteiger partial charge in [0.1, 0.15) is 5.75 Å². The van der Waals surface area contributed by atoms with Crippen LogP contribution in [0, 0.1) is 13.8 Å². The van der Waals surface area contributed by atoms with Gasteiger partial charge < -0.3 is 14.2 Å². The van der Waals surface area contributed by atoms with Crippen LogP contribution in [0.25, 0.3) is 0 Å². The first-order valence-electron chi connectivity index (χ1n) is 10.0. The van der Waals surface area contributed by atoms with Gasteiger partial charge in [-0.15, -0.1) is 0 Å². The number of carbonyl (C=O) groups excluding carboxylic acids is 2. The predicted octanol–water partition coefficient (Wildman–Crippen LogP) is 4.82. The summed E-state index contributed by atoms with van der Waals surface area (Å²) < 4.78 is 17.2. The van der Waals surface area contributed by atoms with Crippen LogP contribution in [0.1, 0.15) is 27.0 Å². The van der Waals surface area contributed by atoms with E-state index < -0.39 is 5.97 Å². The fourth-order valence-corrected chi connectivity index (χ4v) is 3.09. The quantitative estimate of drug-likeness (QED) is 0.203. The average molecular weight is 511 g/mol. The Hall–Kier alpha value is -3.65. The molecular weight excluding hydrogens is 488 g/mol. The third-order valence-electron chi connectivity index (χ3n) is 4.79. The SMILES string of the molecule is COc1cc(C=NNC(=O)COc2cccc(C)c2C)ccc1OC(=O)c1ccc(Br)cc1. The van der Waals surface area contributed by atoms with Crippen molar-refractivity contribution in [2.24, 2.45) is 5.10 Å². The Labute approximate surface area is 200 Å². The van der Waals surface area contributed by atoms with Gasteiger partial charge in [-0.3, -0.25) is 4.79 Å². The summed E-state index contributed by atoms with van der Waals surface area (Å²) in [6, 6.07) is 17.4. The number of esters is 1. The number of nitrogens with zero attached hydrogens (tertiary/aromatic N) is 1. The van der Waals surface area contributed by atoms with Crippen LogP contribution in [0.4, 0.5) is 0 Å². The number of amides is 1. The van der Waals surface area contributed by atoms with Gasteiger partial charge in [-0.2, -0.15) is 5.10 Å². The summed E-state index contributed by atoms with van der Waals surface area (Å²) in [4.78, 5) is 24.4. The normalized spacial score (nSPS) is 10.7. The van der Waals surface area contributed by atoms with Gasteiger partial charge in [0.2, 0.25) is 0 Å². The smallest absolute Gasteiger partial charge is 0.343 e. The first kappa shape index (κ1) is 24.0. The van der Waals surface area contributed by atoms with E-state index in [9.17, 15) is 9.59 Å². The molecule has 0 heterocycles. The number of hydrogen-bond acceptors (Lipinski definition) is 6. The molecule has 0 aromatic heterocycles. The molecule has 1 amide bonds. The third-order valence-corrected chi connectivity index (χ3v) is 5.32. The second kappa shape index (κ2) is 11.3. The molecule has 0 aliphatic rings. The molecule has 0 radical (unpaired) electrons. The molecular formula is C25H23BrN2O5. The molecule has 0 saturated carbocycles. The molecule has 0 aliphatic heterocycles. The summed E-state index contributed by atoms with van der Waals surface area (Å²) in [6.07, 6.45) is 1.46. The molecule has 0 atom stereocenters. The van der Waals surface area contributed by atoms with Gasteiger partial charge in [0, 0.05) is 4.47 Å². The molecule has 0 aliphatic carbocycles. The number of aryl methyl sites for hydroxylation is 1. The molecule has 0 saturated heterocycles. The van der Waals surface area contributed by atoms with Crippen molar-refractivity contribution in [3.8, 4) is 17.2 Å². The van der Waals surface area contributed by atoms with E-state index in [1.165, 1.54) is 13.3 Å². The van der Waals surface area contributed by atoms with Gasteiger partial charge in [0.05, 0.1) is 18.9 Å². The van der Waals surface area contributed by atoms with E-state index in [4.69, 9.17) is 14.2 Å². The second-order valence-corrected chi connectivity index (χ2v) is 8.00. The predicted molar refractivity (Wildman–Crippen MR) is 129 cm³/mol. The fourth-order valence-electron chi connectivity index (χ4n) is 2.83. The molecule has 8 heteroatoms. The van der Waals surface area contributed by atoms with E-state index in [1.807, 2.05) is 32.0 Å². The Balaban J connectivity index is 1.57. The maximum atomic E-state index is 12.4. The largest absolute Gasteiger partial charge is 0.493 e. The van der Waals surface area contributed by atoms with Crippen molar-refractivity contribution in [1.82, 2.24) is 5.43 Å². The number of nitrogens with one attached hydrogen (secondary N) is 1. The molecule has 170 valence electrons. The summed E-state index contributed by atoms with van der Waals surface area (Å²) >= 11 is 3.33. The maximum Gasteiger partial charge on any atom is 0.343 e. The third kappa shape index (κ3) is 6.66. The highest BCUT2D eigenvalue weighted by molar-refractivity contribution is 9.10. The average Bonchev–Trinajstić information content (AvgIpc) is 2.81. The van der Waals surface area contributed by atoms with Crippen molar-refractivity contribution in [2.45, 2.75) is 13.8 Å². The van der Waals surface area contributed by atoms with Gasteiger partial charge in [0.15, 0.2) is 18.1 Å². The first-order valence-corrected chi connectivity index (χ1v) is 10.8. The van der Waals surface area contributed by atoms with Crippen molar-refractivity contribution >= 4 is 34.0 Å². The van der Waals surface area contributed by atoms with Crippen molar-refractivity contribution in [1.29, 1.82) is 0 Å². The standard InChI is InChI=1S/C25H23BrN2O5/c1-16-5-4-6-21(17(16)2)32-15-24(29)28-27-14-18-7-12-22(23(13-18)31-3)33-25(30)19-8-10-20(26)11-9-19/h4-14H,15H2,1-3H3,(H,28,29). The topological polar surface area (TPSA) is 86.2 Å². The zero-order valence-corrected chi connectivity index (χ0v) is 20.0. The summed E-state index contributed by atoms with van der Waals surface area (Å²) in [5.41, 5.74) is 5.56. The number of hydrazone groups is 1. The first-order chi connectivity index (χ1) is 15.9. The van der Waals surface area contributed by atoms with Crippen LogP contribution in [0.2, 0.25) is 0 Å². The molecule has 0 bridgehead atoms. The second-order valence-electron chi connectivity index (χ2n) is 7.09. The zero-order chi connectivity index (χ0) is 23.8. The highest BCUT2D eigenvalue weighted by atomic mass is 79.9. The maximum absolute atomic E-state index is 12.4. The number of ether oxygens (including phenoxy) is 3. The van der Waals surface area contributed by atoms with Gasteiger partial charge in [-0.05, 0) is 79.1 Å². The Kier molecular flexibility index (Phi) is 8.21. The molecule has 33 heavy (non-hydrogen) atoms. The van der Waals surface area contributed by atoms with E-state index >= 15 is 0 Å². The molecule has 3 rings (SSSR count). The van der Waals surface area contributed by atoms with Crippen LogP contribution < -0.4 is 19.6 Å². The van der Waals surface area contributed by atoms with Crippen LogP contribution in [0.15, 0.2) is 70.2 Å². The van der Waals surface area contributed by atoms with Crippen molar-refractivity contribution < 1.29 is 23.8 Å². The number of rotatable bonds is 8. The summed E-state index contributed by atoms with van der Waals surface area (Å²) in [6.45, 7) is 3.76. The zero-order valence-electron chi connectivity index (χ0n) is 18.4. The highest BCUT2D eigenvalue weighted by Gasteiger charge is 2.13. The van der Waals surface area contributed by atoms with Crippen LogP contribution in [-0.4, -0.2) is 31.8 Å². The molecule has 0 unspecified atom stereocenters. The van der Waals surface area contributed by atoms with E-state index in [0.29, 0.717) is 22.6 Å². The molecule has 0 fully saturated rings. The molecule has 3 aromatic carbocycles.